The Morgan fingerprint density at radius 3 is 2.85 bits per heavy atom. The highest BCUT2D eigenvalue weighted by atomic mass is 16.5. The summed E-state index contributed by atoms with van der Waals surface area (Å²) in [6.45, 7) is 1.70. The molecule has 1 fully saturated rings. The van der Waals surface area contributed by atoms with Crippen molar-refractivity contribution in [3.8, 4) is 0 Å². The molecule has 4 heteroatoms. The maximum absolute atomic E-state index is 11.9. The Morgan fingerprint density at radius 1 is 1.30 bits per heavy atom. The van der Waals surface area contributed by atoms with Gasteiger partial charge in [0.2, 0.25) is 5.91 Å². The first-order valence-corrected chi connectivity index (χ1v) is 7.35. The van der Waals surface area contributed by atoms with Gasteiger partial charge in [-0.15, -0.1) is 0 Å². The van der Waals surface area contributed by atoms with Crippen molar-refractivity contribution in [3.05, 3.63) is 35.9 Å². The lowest BCUT2D eigenvalue weighted by atomic mass is 9.94. The van der Waals surface area contributed by atoms with Crippen LogP contribution in [0.1, 0.15) is 30.7 Å². The third kappa shape index (κ3) is 4.32. The average molecular weight is 276 g/mol. The van der Waals surface area contributed by atoms with Crippen molar-refractivity contribution in [2.45, 2.75) is 31.2 Å². The van der Waals surface area contributed by atoms with Crippen LogP contribution >= 0.6 is 0 Å². The molecule has 2 rings (SSSR count). The van der Waals surface area contributed by atoms with Crippen LogP contribution in [0.5, 0.6) is 0 Å². The summed E-state index contributed by atoms with van der Waals surface area (Å²) in [6.07, 6.45) is 3.41. The molecule has 0 spiro atoms. The van der Waals surface area contributed by atoms with Gasteiger partial charge in [-0.3, -0.25) is 4.79 Å². The van der Waals surface area contributed by atoms with Crippen LogP contribution in [-0.2, 0) is 9.53 Å². The molecule has 20 heavy (non-hydrogen) atoms. The Bertz CT molecular complexity index is 408. The van der Waals surface area contributed by atoms with E-state index >= 15 is 0 Å². The van der Waals surface area contributed by atoms with Gasteiger partial charge in [0, 0.05) is 25.6 Å². The number of ether oxygens (including phenoxy) is 1. The molecule has 1 aliphatic carbocycles. The van der Waals surface area contributed by atoms with E-state index in [4.69, 9.17) is 4.74 Å². The average Bonchev–Trinajstić information content (AvgIpc) is 2.92. The Balaban J connectivity index is 1.81. The Hall–Kier alpha value is -1.39. The highest BCUT2D eigenvalue weighted by Crippen LogP contribution is 2.34. The number of benzene rings is 1. The van der Waals surface area contributed by atoms with Crippen LogP contribution in [0.2, 0.25) is 0 Å². The Morgan fingerprint density at radius 2 is 2.10 bits per heavy atom. The van der Waals surface area contributed by atoms with E-state index in [-0.39, 0.29) is 11.9 Å². The van der Waals surface area contributed by atoms with E-state index in [0.717, 1.165) is 12.8 Å². The normalized spacial score (nSPS) is 21.9. The molecular formula is C16H24N2O2. The number of hydrogen-bond donors (Lipinski definition) is 2. The van der Waals surface area contributed by atoms with Crippen molar-refractivity contribution < 1.29 is 9.53 Å². The highest BCUT2D eigenvalue weighted by molar-refractivity contribution is 5.78. The Labute approximate surface area is 120 Å². The molecule has 4 nitrogen and oxygen atoms in total. The first-order valence-electron chi connectivity index (χ1n) is 7.35. The standard InChI is InChI=1S/C16H24N2O2/c1-20-11-10-17-12-16(19)18-15-9-5-8-14(15)13-6-3-2-4-7-13/h2-4,6-7,14-15,17H,5,8-12H2,1H3,(H,18,19). The van der Waals surface area contributed by atoms with Crippen molar-refractivity contribution in [2.75, 3.05) is 26.8 Å². The third-order valence-electron chi connectivity index (χ3n) is 3.86. The quantitative estimate of drug-likeness (QED) is 0.745. The molecule has 0 saturated heterocycles. The molecule has 1 aliphatic rings. The molecular weight excluding hydrogens is 252 g/mol. The molecule has 0 heterocycles. The second-order valence-corrected chi connectivity index (χ2v) is 5.29. The number of amides is 1. The molecule has 0 aliphatic heterocycles. The lowest BCUT2D eigenvalue weighted by Crippen LogP contribution is -2.42. The molecule has 2 unspecified atom stereocenters. The fourth-order valence-corrected chi connectivity index (χ4v) is 2.87. The van der Waals surface area contributed by atoms with Crippen LogP contribution in [0.15, 0.2) is 30.3 Å². The Kier molecular flexibility index (Phi) is 6.02. The first-order chi connectivity index (χ1) is 9.81. The monoisotopic (exact) mass is 276 g/mol. The van der Waals surface area contributed by atoms with Gasteiger partial charge in [0.05, 0.1) is 13.2 Å². The van der Waals surface area contributed by atoms with E-state index in [1.807, 2.05) is 6.07 Å². The number of methoxy groups -OCH3 is 1. The molecule has 1 aromatic carbocycles. The molecule has 1 aromatic rings. The molecule has 2 N–H and O–H groups in total. The number of carbonyl (C=O) groups excluding carboxylic acids is 1. The number of carbonyl (C=O) groups is 1. The molecule has 1 amide bonds. The fourth-order valence-electron chi connectivity index (χ4n) is 2.87. The van der Waals surface area contributed by atoms with Gasteiger partial charge in [-0.25, -0.2) is 0 Å². The lowest BCUT2D eigenvalue weighted by molar-refractivity contribution is -0.121. The summed E-state index contributed by atoms with van der Waals surface area (Å²) in [5.41, 5.74) is 1.34. The van der Waals surface area contributed by atoms with Gasteiger partial charge in [0.1, 0.15) is 0 Å². The summed E-state index contributed by atoms with van der Waals surface area (Å²) in [7, 11) is 1.66. The summed E-state index contributed by atoms with van der Waals surface area (Å²) in [5, 5.41) is 6.24. The molecule has 0 aromatic heterocycles. The summed E-state index contributed by atoms with van der Waals surface area (Å²) >= 11 is 0. The van der Waals surface area contributed by atoms with Crippen LogP contribution in [0.25, 0.3) is 0 Å². The van der Waals surface area contributed by atoms with Crippen molar-refractivity contribution in [2.24, 2.45) is 0 Å². The third-order valence-corrected chi connectivity index (χ3v) is 3.86. The van der Waals surface area contributed by atoms with Gasteiger partial charge in [-0.1, -0.05) is 36.8 Å². The largest absolute Gasteiger partial charge is 0.383 e. The summed E-state index contributed by atoms with van der Waals surface area (Å²) in [5.74, 6) is 0.535. The fraction of sp³-hybridized carbons (Fsp3) is 0.562. The predicted octanol–water partition coefficient (Wildman–Crippen LogP) is 1.67. The van der Waals surface area contributed by atoms with Gasteiger partial charge < -0.3 is 15.4 Å². The van der Waals surface area contributed by atoms with Crippen LogP contribution in [0, 0.1) is 0 Å². The van der Waals surface area contributed by atoms with Gasteiger partial charge in [-0.2, -0.15) is 0 Å². The predicted molar refractivity (Wildman–Crippen MR) is 79.7 cm³/mol. The van der Waals surface area contributed by atoms with Crippen molar-refractivity contribution in [1.82, 2.24) is 10.6 Å². The number of nitrogens with one attached hydrogen (secondary N) is 2. The van der Waals surface area contributed by atoms with E-state index in [2.05, 4.69) is 34.9 Å². The molecule has 2 atom stereocenters. The zero-order valence-electron chi connectivity index (χ0n) is 12.1. The number of hydrogen-bond acceptors (Lipinski definition) is 3. The molecule has 1 saturated carbocycles. The number of rotatable bonds is 7. The zero-order valence-corrected chi connectivity index (χ0v) is 12.1. The zero-order chi connectivity index (χ0) is 14.2. The SMILES string of the molecule is COCCNCC(=O)NC1CCCC1c1ccccc1. The first kappa shape index (κ1) is 15.0. The van der Waals surface area contributed by atoms with Crippen molar-refractivity contribution in [1.29, 1.82) is 0 Å². The van der Waals surface area contributed by atoms with Crippen LogP contribution in [0.4, 0.5) is 0 Å². The van der Waals surface area contributed by atoms with E-state index in [1.54, 1.807) is 7.11 Å². The topological polar surface area (TPSA) is 50.4 Å². The summed E-state index contributed by atoms with van der Waals surface area (Å²) in [6, 6.07) is 10.8. The lowest BCUT2D eigenvalue weighted by Gasteiger charge is -2.21. The second-order valence-electron chi connectivity index (χ2n) is 5.29. The molecule has 110 valence electrons. The van der Waals surface area contributed by atoms with Gasteiger partial charge in [0.25, 0.3) is 0 Å². The maximum Gasteiger partial charge on any atom is 0.234 e. The van der Waals surface area contributed by atoms with Gasteiger partial charge in [0.15, 0.2) is 0 Å². The smallest absolute Gasteiger partial charge is 0.234 e. The van der Waals surface area contributed by atoms with E-state index in [0.29, 0.717) is 25.6 Å². The van der Waals surface area contributed by atoms with Crippen LogP contribution in [0.3, 0.4) is 0 Å². The van der Waals surface area contributed by atoms with E-state index < -0.39 is 0 Å². The van der Waals surface area contributed by atoms with E-state index in [9.17, 15) is 4.79 Å². The summed E-state index contributed by atoms with van der Waals surface area (Å²) in [4.78, 5) is 11.9. The minimum Gasteiger partial charge on any atom is -0.383 e. The van der Waals surface area contributed by atoms with Crippen molar-refractivity contribution >= 4 is 5.91 Å². The molecule has 0 radical (unpaired) electrons. The van der Waals surface area contributed by atoms with Gasteiger partial charge >= 0.3 is 0 Å². The van der Waals surface area contributed by atoms with Crippen LogP contribution < -0.4 is 10.6 Å². The van der Waals surface area contributed by atoms with E-state index in [1.165, 1.54) is 12.0 Å². The van der Waals surface area contributed by atoms with Crippen LogP contribution in [-0.4, -0.2) is 38.8 Å². The highest BCUT2D eigenvalue weighted by Gasteiger charge is 2.29. The summed E-state index contributed by atoms with van der Waals surface area (Å²) < 4.78 is 4.94. The minimum absolute atomic E-state index is 0.0777. The second kappa shape index (κ2) is 8.02. The van der Waals surface area contributed by atoms with Crippen molar-refractivity contribution in [3.63, 3.8) is 0 Å². The minimum atomic E-state index is 0.0777. The maximum atomic E-state index is 11.9. The molecule has 0 bridgehead atoms. The van der Waals surface area contributed by atoms with Gasteiger partial charge in [-0.05, 0) is 18.4 Å².